The first kappa shape index (κ1) is 16.5. The molecule has 19 heavy (non-hydrogen) atoms. The van der Waals surface area contributed by atoms with Crippen molar-refractivity contribution in [2.45, 2.75) is 51.7 Å². The summed E-state index contributed by atoms with van der Waals surface area (Å²) >= 11 is 6.33. The third-order valence-electron chi connectivity index (χ3n) is 4.27. The highest BCUT2D eigenvalue weighted by Gasteiger charge is 2.35. The Kier molecular flexibility index (Phi) is 5.83. The molecule has 0 aliphatic rings. The minimum atomic E-state index is -0.166. The lowest BCUT2D eigenvalue weighted by Crippen LogP contribution is -2.51. The van der Waals surface area contributed by atoms with Crippen molar-refractivity contribution in [3.05, 3.63) is 16.4 Å². The Morgan fingerprint density at radius 1 is 1.42 bits per heavy atom. The number of ether oxygens (including phenoxy) is 1. The van der Waals surface area contributed by atoms with Gasteiger partial charge in [-0.05, 0) is 33.2 Å². The Labute approximate surface area is 121 Å². The van der Waals surface area contributed by atoms with Gasteiger partial charge in [-0.25, -0.2) is 0 Å². The molecule has 0 saturated heterocycles. The van der Waals surface area contributed by atoms with E-state index in [1.165, 1.54) is 0 Å². The van der Waals surface area contributed by atoms with Gasteiger partial charge in [-0.2, -0.15) is 5.10 Å². The molecule has 1 N–H and O–H groups in total. The lowest BCUT2D eigenvalue weighted by molar-refractivity contribution is -0.0454. The van der Waals surface area contributed by atoms with E-state index in [0.29, 0.717) is 0 Å². The molecule has 4 nitrogen and oxygen atoms in total. The van der Waals surface area contributed by atoms with E-state index in [9.17, 15) is 0 Å². The van der Waals surface area contributed by atoms with Crippen molar-refractivity contribution >= 4 is 11.6 Å². The van der Waals surface area contributed by atoms with Crippen molar-refractivity contribution in [2.75, 3.05) is 14.2 Å². The van der Waals surface area contributed by atoms with Gasteiger partial charge in [-0.1, -0.05) is 25.4 Å². The molecule has 0 aromatic carbocycles. The molecule has 1 rings (SSSR count). The summed E-state index contributed by atoms with van der Waals surface area (Å²) < 4.78 is 7.54. The highest BCUT2D eigenvalue weighted by molar-refractivity contribution is 6.30. The van der Waals surface area contributed by atoms with Crippen LogP contribution in [0.3, 0.4) is 0 Å². The van der Waals surface area contributed by atoms with Crippen LogP contribution in [0.4, 0.5) is 0 Å². The number of aromatic nitrogens is 2. The normalized spacial score (nSPS) is 13.8. The van der Waals surface area contributed by atoms with E-state index >= 15 is 0 Å². The van der Waals surface area contributed by atoms with Crippen LogP contribution in [0.25, 0.3) is 0 Å². The highest BCUT2D eigenvalue weighted by Crippen LogP contribution is 2.29. The van der Waals surface area contributed by atoms with Gasteiger partial charge in [-0.3, -0.25) is 4.68 Å². The summed E-state index contributed by atoms with van der Waals surface area (Å²) in [6, 6.07) is 0.216. The monoisotopic (exact) mass is 287 g/mol. The molecule has 5 heteroatoms. The zero-order valence-corrected chi connectivity index (χ0v) is 13.6. The number of hydrogen-bond acceptors (Lipinski definition) is 3. The maximum Gasteiger partial charge on any atom is 0.130 e. The van der Waals surface area contributed by atoms with Crippen molar-refractivity contribution in [3.8, 4) is 0 Å². The number of hydrogen-bond donors (Lipinski definition) is 1. The second-order valence-electron chi connectivity index (χ2n) is 5.00. The van der Waals surface area contributed by atoms with E-state index < -0.39 is 0 Å². The van der Waals surface area contributed by atoms with Gasteiger partial charge in [0.25, 0.3) is 0 Å². The number of rotatable bonds is 7. The van der Waals surface area contributed by atoms with Crippen LogP contribution in [0.15, 0.2) is 0 Å². The van der Waals surface area contributed by atoms with Crippen LogP contribution < -0.4 is 5.32 Å². The molecule has 0 saturated carbocycles. The van der Waals surface area contributed by atoms with E-state index in [2.05, 4.69) is 24.3 Å². The second-order valence-corrected chi connectivity index (χ2v) is 5.36. The van der Waals surface area contributed by atoms with Gasteiger partial charge in [0.15, 0.2) is 0 Å². The molecule has 0 spiro atoms. The van der Waals surface area contributed by atoms with E-state index in [0.717, 1.165) is 35.7 Å². The van der Waals surface area contributed by atoms with E-state index in [1.54, 1.807) is 11.8 Å². The molecular weight excluding hydrogens is 262 g/mol. The summed E-state index contributed by atoms with van der Waals surface area (Å²) in [5, 5.41) is 8.48. The fraction of sp³-hybridized carbons (Fsp3) is 0.786. The lowest BCUT2D eigenvalue weighted by Gasteiger charge is -2.38. The minimum absolute atomic E-state index is 0.166. The number of nitrogens with one attached hydrogen (secondary N) is 1. The average Bonchev–Trinajstić information content (AvgIpc) is 2.65. The Hall–Kier alpha value is -0.580. The summed E-state index contributed by atoms with van der Waals surface area (Å²) in [4.78, 5) is 0. The predicted molar refractivity (Wildman–Crippen MR) is 79.8 cm³/mol. The molecular formula is C14H26ClN3O. The fourth-order valence-electron chi connectivity index (χ4n) is 2.83. The van der Waals surface area contributed by atoms with Crippen molar-refractivity contribution < 1.29 is 4.74 Å². The lowest BCUT2D eigenvalue weighted by atomic mass is 9.84. The molecule has 0 amide bonds. The van der Waals surface area contributed by atoms with Gasteiger partial charge in [0.2, 0.25) is 0 Å². The number of aryl methyl sites for hydroxylation is 2. The SMILES string of the molecule is CCC(CC)(OC)C(Cc1c(C)nn(C)c1Cl)NC. The summed E-state index contributed by atoms with van der Waals surface area (Å²) in [5.41, 5.74) is 1.93. The number of halogens is 1. The van der Waals surface area contributed by atoms with E-state index in [1.807, 2.05) is 21.0 Å². The fourth-order valence-corrected chi connectivity index (χ4v) is 3.09. The van der Waals surface area contributed by atoms with E-state index in [4.69, 9.17) is 16.3 Å². The molecule has 0 aliphatic carbocycles. The molecule has 1 unspecified atom stereocenters. The predicted octanol–water partition coefficient (Wildman–Crippen LogP) is 2.72. The Morgan fingerprint density at radius 2 is 2.00 bits per heavy atom. The van der Waals surface area contributed by atoms with Gasteiger partial charge < -0.3 is 10.1 Å². The van der Waals surface area contributed by atoms with Gasteiger partial charge >= 0.3 is 0 Å². The van der Waals surface area contributed by atoms with Crippen molar-refractivity contribution in [1.29, 1.82) is 0 Å². The van der Waals surface area contributed by atoms with Crippen LogP contribution in [0, 0.1) is 6.92 Å². The molecule has 1 aromatic heterocycles. The topological polar surface area (TPSA) is 39.1 Å². The zero-order chi connectivity index (χ0) is 14.6. The summed E-state index contributed by atoms with van der Waals surface area (Å²) in [6.45, 7) is 6.32. The van der Waals surface area contributed by atoms with Gasteiger partial charge in [0, 0.05) is 25.8 Å². The third-order valence-corrected chi connectivity index (χ3v) is 4.74. The number of nitrogens with zero attached hydrogens (tertiary/aromatic N) is 2. The van der Waals surface area contributed by atoms with E-state index in [-0.39, 0.29) is 11.6 Å². The maximum absolute atomic E-state index is 6.33. The van der Waals surface area contributed by atoms with Crippen LogP contribution in [-0.2, 0) is 18.2 Å². The molecule has 1 heterocycles. The van der Waals surface area contributed by atoms with Crippen molar-refractivity contribution in [3.63, 3.8) is 0 Å². The van der Waals surface area contributed by atoms with Gasteiger partial charge in [0.05, 0.1) is 11.3 Å². The van der Waals surface area contributed by atoms with Gasteiger partial charge in [0.1, 0.15) is 5.15 Å². The molecule has 0 radical (unpaired) electrons. The summed E-state index contributed by atoms with van der Waals surface area (Å²) in [5.74, 6) is 0. The Balaban J connectivity index is 3.05. The van der Waals surface area contributed by atoms with Gasteiger partial charge in [-0.15, -0.1) is 0 Å². The third kappa shape index (κ3) is 3.12. The van der Waals surface area contributed by atoms with Crippen LogP contribution in [0.2, 0.25) is 5.15 Å². The number of likely N-dealkylation sites (N-methyl/N-ethyl adjacent to an activating group) is 1. The maximum atomic E-state index is 6.33. The first-order valence-corrected chi connectivity index (χ1v) is 7.23. The quantitative estimate of drug-likeness (QED) is 0.838. The van der Waals surface area contributed by atoms with Crippen molar-refractivity contribution in [2.24, 2.45) is 7.05 Å². The van der Waals surface area contributed by atoms with Crippen LogP contribution >= 0.6 is 11.6 Å². The molecule has 110 valence electrons. The van der Waals surface area contributed by atoms with Crippen LogP contribution in [-0.4, -0.2) is 35.6 Å². The molecule has 0 fully saturated rings. The molecule has 1 aromatic rings. The first-order valence-electron chi connectivity index (χ1n) is 6.86. The summed E-state index contributed by atoms with van der Waals surface area (Å²) in [7, 11) is 5.63. The smallest absolute Gasteiger partial charge is 0.130 e. The summed E-state index contributed by atoms with van der Waals surface area (Å²) in [6.07, 6.45) is 2.75. The zero-order valence-electron chi connectivity index (χ0n) is 12.9. The highest BCUT2D eigenvalue weighted by atomic mass is 35.5. The standard InChI is InChI=1S/C14H26ClN3O/c1-7-14(8-2,19-6)12(16-4)9-11-10(3)17-18(5)13(11)15/h12,16H,7-9H2,1-6H3. The molecule has 0 bridgehead atoms. The molecule has 1 atom stereocenters. The van der Waals surface area contributed by atoms with Crippen LogP contribution in [0.1, 0.15) is 37.9 Å². The number of methoxy groups -OCH3 is 1. The van der Waals surface area contributed by atoms with Crippen molar-refractivity contribution in [1.82, 2.24) is 15.1 Å². The minimum Gasteiger partial charge on any atom is -0.377 e. The van der Waals surface area contributed by atoms with Crippen LogP contribution in [0.5, 0.6) is 0 Å². The largest absolute Gasteiger partial charge is 0.377 e. The Bertz CT molecular complexity index is 405. The first-order chi connectivity index (χ1) is 8.95. The molecule has 0 aliphatic heterocycles. The second kappa shape index (κ2) is 6.73. The average molecular weight is 288 g/mol. The Morgan fingerprint density at radius 3 is 2.32 bits per heavy atom.